The molecule has 2 atom stereocenters. The third-order valence-corrected chi connectivity index (χ3v) is 2.87. The molecule has 0 bridgehead atoms. The molecule has 1 saturated heterocycles. The minimum atomic E-state index is 0.776. The van der Waals surface area contributed by atoms with Gasteiger partial charge >= 0.3 is 0 Å². The summed E-state index contributed by atoms with van der Waals surface area (Å²) in [4.78, 5) is 2.58. The van der Waals surface area contributed by atoms with Gasteiger partial charge in [-0.2, -0.15) is 0 Å². The van der Waals surface area contributed by atoms with Gasteiger partial charge in [0, 0.05) is 18.5 Å². The van der Waals surface area contributed by atoms with Crippen LogP contribution in [0.4, 0.5) is 0 Å². The highest BCUT2D eigenvalue weighted by atomic mass is 15.2. The molecule has 1 rings (SSSR count). The Balaban J connectivity index is 2.26. The molecule has 68 valence electrons. The molecule has 0 saturated carbocycles. The minimum absolute atomic E-state index is 0.776. The molecule has 0 aromatic heterocycles. The van der Waals surface area contributed by atoms with E-state index in [-0.39, 0.29) is 0 Å². The van der Waals surface area contributed by atoms with Gasteiger partial charge in [-0.25, -0.2) is 0 Å². The van der Waals surface area contributed by atoms with Crippen molar-refractivity contribution >= 4 is 0 Å². The van der Waals surface area contributed by atoms with Gasteiger partial charge in [-0.1, -0.05) is 0 Å². The predicted molar refractivity (Wildman–Crippen MR) is 52.9 cm³/mol. The molecule has 0 aromatic carbocycles. The van der Waals surface area contributed by atoms with Crippen molar-refractivity contribution in [1.29, 1.82) is 0 Å². The summed E-state index contributed by atoms with van der Waals surface area (Å²) < 4.78 is 0. The number of hydrogen-bond acceptors (Lipinski definition) is 1. The van der Waals surface area contributed by atoms with E-state index in [2.05, 4.69) is 24.7 Å². The first-order chi connectivity index (χ1) is 5.75. The average Bonchev–Trinajstić information content (AvgIpc) is 2.35. The highest BCUT2D eigenvalue weighted by Crippen LogP contribution is 2.23. The summed E-state index contributed by atoms with van der Waals surface area (Å²) in [6, 6.07) is 1.55. The number of terminal acetylenes is 1. The molecule has 0 amide bonds. The maximum atomic E-state index is 5.21. The fourth-order valence-corrected chi connectivity index (χ4v) is 2.05. The van der Waals surface area contributed by atoms with E-state index in [1.54, 1.807) is 0 Å². The van der Waals surface area contributed by atoms with Crippen LogP contribution in [0.25, 0.3) is 0 Å². The molecule has 12 heavy (non-hydrogen) atoms. The third-order valence-electron chi connectivity index (χ3n) is 2.87. The smallest absolute Gasteiger partial charge is 0.00982 e. The number of nitrogens with zero attached hydrogens (tertiary/aromatic N) is 1. The van der Waals surface area contributed by atoms with E-state index in [0.717, 1.165) is 24.9 Å². The molecule has 1 aliphatic heterocycles. The summed E-state index contributed by atoms with van der Waals surface area (Å²) >= 11 is 0. The Morgan fingerprint density at radius 2 is 1.92 bits per heavy atom. The van der Waals surface area contributed by atoms with Crippen molar-refractivity contribution in [2.45, 2.75) is 51.6 Å². The van der Waals surface area contributed by atoms with E-state index in [1.165, 1.54) is 19.4 Å². The summed E-state index contributed by atoms with van der Waals surface area (Å²) in [5.41, 5.74) is 0. The van der Waals surface area contributed by atoms with Gasteiger partial charge in [0.1, 0.15) is 0 Å². The van der Waals surface area contributed by atoms with E-state index < -0.39 is 0 Å². The number of likely N-dealkylation sites (tertiary alicyclic amines) is 1. The average molecular weight is 165 g/mol. The van der Waals surface area contributed by atoms with E-state index in [0.29, 0.717) is 0 Å². The van der Waals surface area contributed by atoms with Crippen molar-refractivity contribution in [3.8, 4) is 12.3 Å². The zero-order chi connectivity index (χ0) is 8.97. The first kappa shape index (κ1) is 9.61. The van der Waals surface area contributed by atoms with Crippen molar-refractivity contribution in [1.82, 2.24) is 4.90 Å². The van der Waals surface area contributed by atoms with Crippen molar-refractivity contribution < 1.29 is 0 Å². The number of unbranched alkanes of at least 4 members (excludes halogenated alkanes) is 1. The Kier molecular flexibility index (Phi) is 3.62. The van der Waals surface area contributed by atoms with Gasteiger partial charge in [0.2, 0.25) is 0 Å². The topological polar surface area (TPSA) is 3.24 Å². The van der Waals surface area contributed by atoms with Crippen molar-refractivity contribution in [3.63, 3.8) is 0 Å². The molecule has 1 heteroatoms. The highest BCUT2D eigenvalue weighted by Gasteiger charge is 2.25. The van der Waals surface area contributed by atoms with Crippen LogP contribution in [0.1, 0.15) is 39.5 Å². The normalized spacial score (nSPS) is 30.4. The second kappa shape index (κ2) is 4.52. The molecular formula is C11H19N. The Morgan fingerprint density at radius 3 is 2.42 bits per heavy atom. The molecule has 2 unspecified atom stereocenters. The first-order valence-corrected chi connectivity index (χ1v) is 4.95. The second-order valence-corrected chi connectivity index (χ2v) is 3.82. The van der Waals surface area contributed by atoms with Gasteiger partial charge in [0.25, 0.3) is 0 Å². The van der Waals surface area contributed by atoms with E-state index in [4.69, 9.17) is 6.42 Å². The van der Waals surface area contributed by atoms with Crippen LogP contribution in [0.2, 0.25) is 0 Å². The summed E-state index contributed by atoms with van der Waals surface area (Å²) in [7, 11) is 0. The van der Waals surface area contributed by atoms with Crippen LogP contribution < -0.4 is 0 Å². The molecule has 0 N–H and O–H groups in total. The van der Waals surface area contributed by atoms with Crippen LogP contribution in [0.15, 0.2) is 0 Å². The largest absolute Gasteiger partial charge is 0.298 e. The molecule has 1 heterocycles. The quantitative estimate of drug-likeness (QED) is 0.458. The van der Waals surface area contributed by atoms with Crippen molar-refractivity contribution in [2.75, 3.05) is 6.54 Å². The van der Waals surface area contributed by atoms with Gasteiger partial charge in [-0.15, -0.1) is 12.3 Å². The Bertz CT molecular complexity index is 158. The van der Waals surface area contributed by atoms with Gasteiger partial charge in [0.15, 0.2) is 0 Å². The van der Waals surface area contributed by atoms with Crippen LogP contribution in [-0.2, 0) is 0 Å². The summed E-state index contributed by atoms with van der Waals surface area (Å²) in [6.45, 7) is 5.82. The summed E-state index contributed by atoms with van der Waals surface area (Å²) in [5, 5.41) is 0. The molecule has 1 aliphatic rings. The van der Waals surface area contributed by atoms with Crippen LogP contribution in [0.3, 0.4) is 0 Å². The lowest BCUT2D eigenvalue weighted by molar-refractivity contribution is 0.212. The fraction of sp³-hybridized carbons (Fsp3) is 0.818. The molecule has 0 aromatic rings. The SMILES string of the molecule is C#CCCCN1C(C)CCC1C. The number of hydrogen-bond donors (Lipinski definition) is 0. The lowest BCUT2D eigenvalue weighted by Crippen LogP contribution is -2.33. The fourth-order valence-electron chi connectivity index (χ4n) is 2.05. The van der Waals surface area contributed by atoms with Gasteiger partial charge in [-0.05, 0) is 39.7 Å². The van der Waals surface area contributed by atoms with Gasteiger partial charge < -0.3 is 0 Å². The zero-order valence-electron chi connectivity index (χ0n) is 8.21. The van der Waals surface area contributed by atoms with Crippen molar-refractivity contribution in [2.24, 2.45) is 0 Å². The van der Waals surface area contributed by atoms with Gasteiger partial charge in [-0.3, -0.25) is 4.90 Å². The lowest BCUT2D eigenvalue weighted by Gasteiger charge is -2.25. The van der Waals surface area contributed by atoms with Gasteiger partial charge in [0.05, 0.1) is 0 Å². The maximum absolute atomic E-state index is 5.21. The molecule has 1 fully saturated rings. The molecule has 0 radical (unpaired) electrons. The highest BCUT2D eigenvalue weighted by molar-refractivity contribution is 4.86. The maximum Gasteiger partial charge on any atom is 0.00982 e. The lowest BCUT2D eigenvalue weighted by atomic mass is 10.2. The molecule has 1 nitrogen and oxygen atoms in total. The molecule has 0 aliphatic carbocycles. The Hall–Kier alpha value is -0.480. The summed E-state index contributed by atoms with van der Waals surface area (Å²) in [5.74, 6) is 2.69. The first-order valence-electron chi connectivity index (χ1n) is 4.95. The standard InChI is InChI=1S/C11H19N/c1-4-5-6-9-12-10(2)7-8-11(12)3/h1,10-11H,5-9H2,2-3H3. The Morgan fingerprint density at radius 1 is 1.33 bits per heavy atom. The van der Waals surface area contributed by atoms with E-state index in [1.807, 2.05) is 0 Å². The zero-order valence-corrected chi connectivity index (χ0v) is 8.21. The van der Waals surface area contributed by atoms with E-state index >= 15 is 0 Å². The van der Waals surface area contributed by atoms with Crippen LogP contribution in [0.5, 0.6) is 0 Å². The Labute approximate surface area is 76.1 Å². The summed E-state index contributed by atoms with van der Waals surface area (Å²) in [6.07, 6.45) is 10.0. The molecule has 0 spiro atoms. The van der Waals surface area contributed by atoms with Crippen molar-refractivity contribution in [3.05, 3.63) is 0 Å². The molecular weight excluding hydrogens is 146 g/mol. The number of rotatable bonds is 3. The van der Waals surface area contributed by atoms with Crippen LogP contribution >= 0.6 is 0 Å². The van der Waals surface area contributed by atoms with E-state index in [9.17, 15) is 0 Å². The van der Waals surface area contributed by atoms with Crippen LogP contribution in [-0.4, -0.2) is 23.5 Å². The van der Waals surface area contributed by atoms with Crippen LogP contribution in [0, 0.1) is 12.3 Å². The monoisotopic (exact) mass is 165 g/mol. The second-order valence-electron chi connectivity index (χ2n) is 3.82. The minimum Gasteiger partial charge on any atom is -0.298 e. The predicted octanol–water partition coefficient (Wildman–Crippen LogP) is 2.27. The third kappa shape index (κ3) is 2.25.